The SMILES string of the molecule is CCC(=O)C1C(C)c2ccccc2C12Nc1ccccc1OC2=O. The lowest BCUT2D eigenvalue weighted by Crippen LogP contribution is -2.54. The van der Waals surface area contributed by atoms with E-state index in [1.54, 1.807) is 6.07 Å². The van der Waals surface area contributed by atoms with E-state index in [2.05, 4.69) is 5.32 Å². The summed E-state index contributed by atoms with van der Waals surface area (Å²) in [6, 6.07) is 15.1. The number of carbonyl (C=O) groups excluding carboxylic acids is 2. The predicted molar refractivity (Wildman–Crippen MR) is 91.0 cm³/mol. The van der Waals surface area contributed by atoms with Crippen LogP contribution in [0.1, 0.15) is 37.3 Å². The number of carbonyl (C=O) groups is 2. The standard InChI is InChI=1S/C20H19NO3/c1-3-16(22)18-12(2)13-8-4-5-9-14(13)20(18)19(23)24-17-11-7-6-10-15(17)21-20/h4-12,18,21H,3H2,1-2H3. The van der Waals surface area contributed by atoms with Crippen molar-refractivity contribution in [1.29, 1.82) is 0 Å². The second kappa shape index (κ2) is 5.20. The van der Waals surface area contributed by atoms with Crippen LogP contribution in [-0.4, -0.2) is 11.8 Å². The molecular formula is C20H19NO3. The van der Waals surface area contributed by atoms with E-state index in [4.69, 9.17) is 4.74 Å². The number of fused-ring (bicyclic) bond motifs is 3. The van der Waals surface area contributed by atoms with E-state index in [9.17, 15) is 9.59 Å². The fourth-order valence-corrected chi connectivity index (χ4v) is 4.20. The van der Waals surface area contributed by atoms with E-state index < -0.39 is 17.4 Å². The molecule has 4 rings (SSSR count). The maximum atomic E-state index is 13.1. The first-order valence-electron chi connectivity index (χ1n) is 8.31. The van der Waals surface area contributed by atoms with Gasteiger partial charge in [0.2, 0.25) is 0 Å². The van der Waals surface area contributed by atoms with Crippen molar-refractivity contribution in [2.24, 2.45) is 5.92 Å². The fraction of sp³-hybridized carbons (Fsp3) is 0.300. The fourth-order valence-electron chi connectivity index (χ4n) is 4.20. The van der Waals surface area contributed by atoms with Crippen LogP contribution in [0.4, 0.5) is 5.69 Å². The number of anilines is 1. The van der Waals surface area contributed by atoms with E-state index in [0.29, 0.717) is 12.2 Å². The Morgan fingerprint density at radius 2 is 1.88 bits per heavy atom. The number of rotatable bonds is 2. The second-order valence-corrected chi connectivity index (χ2v) is 6.49. The van der Waals surface area contributed by atoms with E-state index in [1.807, 2.05) is 56.3 Å². The Morgan fingerprint density at radius 1 is 1.17 bits per heavy atom. The van der Waals surface area contributed by atoms with Gasteiger partial charge in [-0.3, -0.25) is 4.79 Å². The number of hydrogen-bond acceptors (Lipinski definition) is 4. The van der Waals surface area contributed by atoms with Crippen molar-refractivity contribution in [1.82, 2.24) is 0 Å². The van der Waals surface area contributed by atoms with Crippen LogP contribution in [0.25, 0.3) is 0 Å². The molecule has 0 fully saturated rings. The third kappa shape index (κ3) is 1.80. The summed E-state index contributed by atoms with van der Waals surface area (Å²) in [4.78, 5) is 25.9. The zero-order valence-electron chi connectivity index (χ0n) is 13.7. The van der Waals surface area contributed by atoms with Gasteiger partial charge in [-0.2, -0.15) is 0 Å². The average molecular weight is 321 g/mol. The van der Waals surface area contributed by atoms with Gasteiger partial charge in [0.1, 0.15) is 5.78 Å². The summed E-state index contributed by atoms with van der Waals surface area (Å²) in [5.41, 5.74) is 1.49. The molecular weight excluding hydrogens is 302 g/mol. The predicted octanol–water partition coefficient (Wildman–Crippen LogP) is 3.63. The molecule has 3 atom stereocenters. The van der Waals surface area contributed by atoms with Crippen molar-refractivity contribution in [2.45, 2.75) is 31.7 Å². The number of hydrogen-bond donors (Lipinski definition) is 1. The summed E-state index contributed by atoms with van der Waals surface area (Å²) in [5.74, 6) is -0.333. The minimum atomic E-state index is -1.14. The van der Waals surface area contributed by atoms with E-state index in [1.165, 1.54) is 0 Å². The highest BCUT2D eigenvalue weighted by atomic mass is 16.5. The molecule has 0 radical (unpaired) electrons. The molecule has 2 aromatic rings. The molecule has 122 valence electrons. The van der Waals surface area contributed by atoms with Gasteiger partial charge >= 0.3 is 5.97 Å². The van der Waals surface area contributed by atoms with Crippen LogP contribution in [0.15, 0.2) is 48.5 Å². The Morgan fingerprint density at radius 3 is 2.67 bits per heavy atom. The van der Waals surface area contributed by atoms with Gasteiger partial charge in [-0.05, 0) is 29.2 Å². The molecule has 0 saturated carbocycles. The smallest absolute Gasteiger partial charge is 0.342 e. The Labute approximate surface area is 140 Å². The quantitative estimate of drug-likeness (QED) is 0.678. The number of esters is 1. The van der Waals surface area contributed by atoms with Gasteiger partial charge in [-0.1, -0.05) is 50.2 Å². The maximum Gasteiger partial charge on any atom is 0.342 e. The first-order valence-corrected chi connectivity index (χ1v) is 8.31. The topological polar surface area (TPSA) is 55.4 Å². The van der Waals surface area contributed by atoms with Gasteiger partial charge in [0, 0.05) is 6.42 Å². The monoisotopic (exact) mass is 321 g/mol. The third-order valence-electron chi connectivity index (χ3n) is 5.28. The van der Waals surface area contributed by atoms with Gasteiger partial charge in [0.05, 0.1) is 11.6 Å². The molecule has 4 heteroatoms. The van der Waals surface area contributed by atoms with Gasteiger partial charge in [0.25, 0.3) is 0 Å². The number of ether oxygens (including phenoxy) is 1. The molecule has 0 saturated heterocycles. The van der Waals surface area contributed by atoms with Gasteiger partial charge in [-0.15, -0.1) is 0 Å². The molecule has 1 spiro atoms. The Hall–Kier alpha value is -2.62. The molecule has 3 unspecified atom stereocenters. The maximum absolute atomic E-state index is 13.1. The first-order chi connectivity index (χ1) is 11.6. The molecule has 0 bridgehead atoms. The van der Waals surface area contributed by atoms with Crippen LogP contribution in [-0.2, 0) is 15.1 Å². The summed E-state index contributed by atoms with van der Waals surface area (Å²) in [7, 11) is 0. The molecule has 1 aliphatic heterocycles. The summed E-state index contributed by atoms with van der Waals surface area (Å²) < 4.78 is 5.65. The third-order valence-corrected chi connectivity index (χ3v) is 5.28. The molecule has 2 aromatic carbocycles. The molecule has 2 aliphatic rings. The van der Waals surface area contributed by atoms with Crippen molar-refractivity contribution >= 4 is 17.4 Å². The van der Waals surface area contributed by atoms with Crippen LogP contribution >= 0.6 is 0 Å². The number of nitrogens with one attached hydrogen (secondary N) is 1. The van der Waals surface area contributed by atoms with Crippen molar-refractivity contribution in [2.75, 3.05) is 5.32 Å². The van der Waals surface area contributed by atoms with Gasteiger partial charge in [-0.25, -0.2) is 4.79 Å². The van der Waals surface area contributed by atoms with Crippen molar-refractivity contribution in [3.05, 3.63) is 59.7 Å². The minimum Gasteiger partial charge on any atom is -0.422 e. The Bertz CT molecular complexity index is 844. The number of para-hydroxylation sites is 2. The van der Waals surface area contributed by atoms with Crippen LogP contribution in [0.2, 0.25) is 0 Å². The lowest BCUT2D eigenvalue weighted by atomic mass is 9.76. The van der Waals surface area contributed by atoms with Crippen molar-refractivity contribution in [3.8, 4) is 5.75 Å². The highest BCUT2D eigenvalue weighted by molar-refractivity contribution is 6.00. The second-order valence-electron chi connectivity index (χ2n) is 6.49. The normalized spacial score (nSPS) is 27.2. The van der Waals surface area contributed by atoms with Gasteiger partial charge < -0.3 is 10.1 Å². The molecule has 24 heavy (non-hydrogen) atoms. The summed E-state index contributed by atoms with van der Waals surface area (Å²) in [6.07, 6.45) is 0.390. The van der Waals surface area contributed by atoms with Crippen LogP contribution < -0.4 is 10.1 Å². The molecule has 1 heterocycles. The molecule has 1 aliphatic carbocycles. The van der Waals surface area contributed by atoms with Crippen LogP contribution in [0.5, 0.6) is 5.75 Å². The molecule has 4 nitrogen and oxygen atoms in total. The van der Waals surface area contributed by atoms with E-state index >= 15 is 0 Å². The lowest BCUT2D eigenvalue weighted by Gasteiger charge is -2.39. The van der Waals surface area contributed by atoms with E-state index in [-0.39, 0.29) is 11.7 Å². The first kappa shape index (κ1) is 14.9. The number of Topliss-reactive ketones (excluding diaryl/α,β-unsaturated/α-hetero) is 1. The largest absolute Gasteiger partial charge is 0.422 e. The molecule has 0 amide bonds. The summed E-state index contributed by atoms with van der Waals surface area (Å²) in [5, 5.41) is 3.38. The van der Waals surface area contributed by atoms with Crippen LogP contribution in [0, 0.1) is 5.92 Å². The average Bonchev–Trinajstić information content (AvgIpc) is 2.85. The minimum absolute atomic E-state index is 0.0426. The summed E-state index contributed by atoms with van der Waals surface area (Å²) in [6.45, 7) is 3.86. The summed E-state index contributed by atoms with van der Waals surface area (Å²) >= 11 is 0. The van der Waals surface area contributed by atoms with Crippen molar-refractivity contribution < 1.29 is 14.3 Å². The highest BCUT2D eigenvalue weighted by Crippen LogP contribution is 2.54. The zero-order chi connectivity index (χ0) is 16.9. The van der Waals surface area contributed by atoms with Crippen molar-refractivity contribution in [3.63, 3.8) is 0 Å². The zero-order valence-corrected chi connectivity index (χ0v) is 13.7. The molecule has 0 aromatic heterocycles. The number of benzene rings is 2. The Balaban J connectivity index is 1.96. The molecule has 1 N–H and O–H groups in total. The Kier molecular flexibility index (Phi) is 3.23. The lowest BCUT2D eigenvalue weighted by molar-refractivity contribution is -0.146. The van der Waals surface area contributed by atoms with Gasteiger partial charge in [0.15, 0.2) is 11.3 Å². The van der Waals surface area contributed by atoms with E-state index in [0.717, 1.165) is 16.8 Å². The highest BCUT2D eigenvalue weighted by Gasteiger charge is 2.60. The number of ketones is 1. The van der Waals surface area contributed by atoms with Crippen LogP contribution in [0.3, 0.4) is 0 Å².